The first-order valence-corrected chi connectivity index (χ1v) is 4.91. The zero-order chi connectivity index (χ0) is 13.4. The Labute approximate surface area is 99.0 Å². The van der Waals surface area contributed by atoms with Crippen molar-refractivity contribution >= 4 is 5.91 Å². The number of aliphatic hydroxyl groups excluding tert-OH is 1. The molecule has 1 aliphatic heterocycles. The van der Waals surface area contributed by atoms with Crippen LogP contribution in [-0.2, 0) is 4.84 Å². The molecule has 1 amide bonds. The number of carbonyl (C=O) groups is 1. The van der Waals surface area contributed by atoms with E-state index >= 15 is 0 Å². The number of aromatic hydroxyl groups is 1. The quantitative estimate of drug-likeness (QED) is 0.726. The summed E-state index contributed by atoms with van der Waals surface area (Å²) >= 11 is 0. The smallest absolute Gasteiger partial charge is 0.280 e. The maximum atomic E-state index is 13.4. The molecule has 0 aliphatic carbocycles. The van der Waals surface area contributed by atoms with E-state index in [1.54, 1.807) is 0 Å². The highest BCUT2D eigenvalue weighted by Crippen LogP contribution is 2.27. The number of β-amino-alcohol motifs (C(OH)–C–C–N with tert-alkyl or cyclic N) is 1. The van der Waals surface area contributed by atoms with Gasteiger partial charge < -0.3 is 10.2 Å². The normalized spacial score (nSPS) is 19.3. The molecule has 98 valence electrons. The van der Waals surface area contributed by atoms with E-state index < -0.39 is 40.8 Å². The van der Waals surface area contributed by atoms with Crippen molar-refractivity contribution in [2.75, 3.05) is 13.2 Å². The summed E-state index contributed by atoms with van der Waals surface area (Å²) in [6, 6.07) is 0.320. The first-order valence-electron chi connectivity index (χ1n) is 4.91. The zero-order valence-corrected chi connectivity index (χ0v) is 8.86. The molecule has 18 heavy (non-hydrogen) atoms. The minimum atomic E-state index is -1.77. The highest BCUT2D eigenvalue weighted by molar-refractivity contribution is 5.94. The molecule has 0 aromatic heterocycles. The van der Waals surface area contributed by atoms with Crippen molar-refractivity contribution < 1.29 is 33.0 Å². The Balaban J connectivity index is 2.37. The number of carbonyl (C=O) groups excluding carboxylic acids is 1. The molecule has 2 N–H and O–H groups in total. The Kier molecular flexibility index (Phi) is 3.14. The highest BCUT2D eigenvalue weighted by Gasteiger charge is 2.31. The lowest BCUT2D eigenvalue weighted by atomic mass is 10.1. The molecule has 1 aromatic rings. The van der Waals surface area contributed by atoms with Crippen molar-refractivity contribution in [3.05, 3.63) is 29.1 Å². The second kappa shape index (κ2) is 4.46. The van der Waals surface area contributed by atoms with Crippen molar-refractivity contribution in [3.8, 4) is 5.75 Å². The maximum Gasteiger partial charge on any atom is 0.280 e. The lowest BCUT2D eigenvalue weighted by molar-refractivity contribution is -0.0782. The number of halogens is 3. The molecule has 0 bridgehead atoms. The molecule has 5 nitrogen and oxygen atoms in total. The zero-order valence-electron chi connectivity index (χ0n) is 8.86. The topological polar surface area (TPSA) is 70.0 Å². The van der Waals surface area contributed by atoms with Crippen LogP contribution in [0.1, 0.15) is 10.4 Å². The van der Waals surface area contributed by atoms with Gasteiger partial charge in [-0.15, -0.1) is 0 Å². The van der Waals surface area contributed by atoms with Gasteiger partial charge in [0.25, 0.3) is 5.91 Å². The first-order chi connectivity index (χ1) is 8.41. The third kappa shape index (κ3) is 2.00. The largest absolute Gasteiger partial charge is 0.503 e. The van der Waals surface area contributed by atoms with Gasteiger partial charge in [-0.1, -0.05) is 0 Å². The molecule has 1 unspecified atom stereocenters. The predicted octanol–water partition coefficient (Wildman–Crippen LogP) is 0.558. The maximum absolute atomic E-state index is 13.4. The third-order valence-electron chi connectivity index (χ3n) is 2.39. The Morgan fingerprint density at radius 3 is 2.61 bits per heavy atom. The van der Waals surface area contributed by atoms with Gasteiger partial charge >= 0.3 is 0 Å². The summed E-state index contributed by atoms with van der Waals surface area (Å²) in [4.78, 5) is 16.4. The first kappa shape index (κ1) is 12.7. The summed E-state index contributed by atoms with van der Waals surface area (Å²) in [7, 11) is 0. The van der Waals surface area contributed by atoms with E-state index in [-0.39, 0.29) is 13.2 Å². The summed E-state index contributed by atoms with van der Waals surface area (Å²) in [6.45, 7) is -0.388. The number of hydrogen-bond acceptors (Lipinski definition) is 4. The fourth-order valence-electron chi connectivity index (χ4n) is 1.49. The predicted molar refractivity (Wildman–Crippen MR) is 51.0 cm³/mol. The fourth-order valence-corrected chi connectivity index (χ4v) is 1.49. The van der Waals surface area contributed by atoms with E-state index in [9.17, 15) is 18.0 Å². The standard InChI is InChI=1S/C10H8F3NO4/c11-6-1-5(7(12)9(16)8(6)13)10(17)14-2-4(15)3-18-14/h1,4,15-16H,2-3H2. The summed E-state index contributed by atoms with van der Waals surface area (Å²) in [5.74, 6) is -7.59. The molecule has 1 saturated heterocycles. The Morgan fingerprint density at radius 2 is 2.06 bits per heavy atom. The minimum absolute atomic E-state index is 0.164. The van der Waals surface area contributed by atoms with Crippen LogP contribution in [0, 0.1) is 17.5 Å². The Hall–Kier alpha value is -1.80. The van der Waals surface area contributed by atoms with Crippen LogP contribution in [-0.4, -0.2) is 40.4 Å². The molecule has 0 saturated carbocycles. The van der Waals surface area contributed by atoms with E-state index in [1.807, 2.05) is 0 Å². The van der Waals surface area contributed by atoms with Gasteiger partial charge in [-0.25, -0.2) is 13.8 Å². The molecular weight excluding hydrogens is 255 g/mol. The molecule has 1 fully saturated rings. The minimum Gasteiger partial charge on any atom is -0.503 e. The van der Waals surface area contributed by atoms with Gasteiger partial charge in [-0.05, 0) is 6.07 Å². The lowest BCUT2D eigenvalue weighted by Gasteiger charge is -2.14. The molecule has 1 aliphatic rings. The number of aliphatic hydroxyl groups is 1. The van der Waals surface area contributed by atoms with Crippen LogP contribution in [0.2, 0.25) is 0 Å². The van der Waals surface area contributed by atoms with Gasteiger partial charge in [-0.2, -0.15) is 4.39 Å². The van der Waals surface area contributed by atoms with Gasteiger partial charge in [0.15, 0.2) is 17.4 Å². The van der Waals surface area contributed by atoms with Gasteiger partial charge in [0.05, 0.1) is 12.1 Å². The van der Waals surface area contributed by atoms with E-state index in [2.05, 4.69) is 0 Å². The fraction of sp³-hybridized carbons (Fsp3) is 0.300. The van der Waals surface area contributed by atoms with Crippen molar-refractivity contribution in [1.82, 2.24) is 5.06 Å². The second-order valence-electron chi connectivity index (χ2n) is 3.70. The van der Waals surface area contributed by atoms with Gasteiger partial charge in [0.2, 0.25) is 5.82 Å². The van der Waals surface area contributed by atoms with Crippen LogP contribution in [0.3, 0.4) is 0 Å². The van der Waals surface area contributed by atoms with Crippen LogP contribution < -0.4 is 0 Å². The monoisotopic (exact) mass is 263 g/mol. The van der Waals surface area contributed by atoms with Crippen LogP contribution >= 0.6 is 0 Å². The molecule has 0 spiro atoms. The van der Waals surface area contributed by atoms with Crippen molar-refractivity contribution in [1.29, 1.82) is 0 Å². The molecule has 0 radical (unpaired) electrons. The molecule has 1 atom stereocenters. The molecule has 1 heterocycles. The molecule has 2 rings (SSSR count). The number of hydrogen-bond donors (Lipinski definition) is 2. The van der Waals surface area contributed by atoms with Crippen LogP contribution in [0.15, 0.2) is 6.07 Å². The van der Waals surface area contributed by atoms with Crippen LogP contribution in [0.25, 0.3) is 0 Å². The van der Waals surface area contributed by atoms with Gasteiger partial charge in [0.1, 0.15) is 12.7 Å². The van der Waals surface area contributed by atoms with Gasteiger partial charge in [-0.3, -0.25) is 9.63 Å². The van der Waals surface area contributed by atoms with Crippen molar-refractivity contribution in [2.24, 2.45) is 0 Å². The second-order valence-corrected chi connectivity index (χ2v) is 3.70. The average molecular weight is 263 g/mol. The van der Waals surface area contributed by atoms with Crippen molar-refractivity contribution in [3.63, 3.8) is 0 Å². The van der Waals surface area contributed by atoms with E-state index in [0.29, 0.717) is 11.1 Å². The third-order valence-corrected chi connectivity index (χ3v) is 2.39. The number of amides is 1. The number of hydroxylamine groups is 2. The number of phenolic OH excluding ortho intramolecular Hbond substituents is 1. The SMILES string of the molecule is O=C(c1cc(F)c(F)c(O)c1F)N1CC(O)CO1. The van der Waals surface area contributed by atoms with Gasteiger partial charge in [0, 0.05) is 0 Å². The summed E-state index contributed by atoms with van der Waals surface area (Å²) in [5, 5.41) is 18.7. The summed E-state index contributed by atoms with van der Waals surface area (Å²) in [5.41, 5.74) is -0.875. The average Bonchev–Trinajstić information content (AvgIpc) is 2.77. The molecular formula is C10H8F3NO4. The van der Waals surface area contributed by atoms with E-state index in [1.165, 1.54) is 0 Å². The number of phenols is 1. The Morgan fingerprint density at radius 1 is 1.39 bits per heavy atom. The number of rotatable bonds is 1. The number of nitrogens with zero attached hydrogens (tertiary/aromatic N) is 1. The van der Waals surface area contributed by atoms with E-state index in [0.717, 1.165) is 0 Å². The molecule has 8 heteroatoms. The Bertz CT molecular complexity index is 508. The highest BCUT2D eigenvalue weighted by atomic mass is 19.2. The summed E-state index contributed by atoms with van der Waals surface area (Å²) in [6.07, 6.45) is -0.934. The van der Waals surface area contributed by atoms with Crippen LogP contribution in [0.4, 0.5) is 13.2 Å². The van der Waals surface area contributed by atoms with Crippen molar-refractivity contribution in [2.45, 2.75) is 6.10 Å². The molecule has 1 aromatic carbocycles. The van der Waals surface area contributed by atoms with E-state index in [4.69, 9.17) is 15.1 Å². The summed E-state index contributed by atoms with van der Waals surface area (Å²) < 4.78 is 39.2. The van der Waals surface area contributed by atoms with Crippen LogP contribution in [0.5, 0.6) is 5.75 Å². The lowest BCUT2D eigenvalue weighted by Crippen LogP contribution is -2.29. The number of benzene rings is 1.